The van der Waals surface area contributed by atoms with Crippen molar-refractivity contribution < 1.29 is 14.3 Å². The molecule has 0 radical (unpaired) electrons. The summed E-state index contributed by atoms with van der Waals surface area (Å²) in [5.74, 6) is 1.78. The fourth-order valence-corrected chi connectivity index (χ4v) is 3.35. The van der Waals surface area contributed by atoms with Crippen LogP contribution in [0, 0.1) is 0 Å². The predicted molar refractivity (Wildman–Crippen MR) is 99.9 cm³/mol. The molecule has 26 heavy (non-hydrogen) atoms. The number of hydrogen-bond acceptors (Lipinski definition) is 4. The third-order valence-electron chi connectivity index (χ3n) is 4.64. The molecule has 6 nitrogen and oxygen atoms in total. The number of carbonyl (C=O) groups excluding carboxylic acids is 1. The standard InChI is InChI=1S/C20H27N3O3/c1-5-25-17-9-14-7-8-23(12-15(14)10-18(17)26-6-2)20(24)16-11-21-22-19(16)13(3)4/h9-11,13H,5-8,12H2,1-4H3,(H,21,22). The van der Waals surface area contributed by atoms with Gasteiger partial charge in [0.25, 0.3) is 5.91 Å². The Morgan fingerprint density at radius 1 is 1.19 bits per heavy atom. The van der Waals surface area contributed by atoms with E-state index in [2.05, 4.69) is 30.1 Å². The van der Waals surface area contributed by atoms with Crippen molar-refractivity contribution in [3.8, 4) is 11.5 Å². The minimum Gasteiger partial charge on any atom is -0.490 e. The third kappa shape index (κ3) is 3.54. The molecule has 1 amide bonds. The normalized spacial score (nSPS) is 13.7. The number of nitrogens with zero attached hydrogens (tertiary/aromatic N) is 2. The summed E-state index contributed by atoms with van der Waals surface area (Å²) >= 11 is 0. The van der Waals surface area contributed by atoms with Crippen molar-refractivity contribution in [2.75, 3.05) is 19.8 Å². The van der Waals surface area contributed by atoms with Gasteiger partial charge >= 0.3 is 0 Å². The number of hydrogen-bond donors (Lipinski definition) is 1. The first-order valence-corrected chi connectivity index (χ1v) is 9.29. The highest BCUT2D eigenvalue weighted by Crippen LogP contribution is 2.34. The van der Waals surface area contributed by atoms with Crippen LogP contribution in [-0.4, -0.2) is 40.8 Å². The maximum atomic E-state index is 13.0. The monoisotopic (exact) mass is 357 g/mol. The van der Waals surface area contributed by atoms with Gasteiger partial charge in [0, 0.05) is 13.1 Å². The predicted octanol–water partition coefficient (Wildman–Crippen LogP) is 3.53. The number of aromatic amines is 1. The van der Waals surface area contributed by atoms with Crippen LogP contribution in [0.2, 0.25) is 0 Å². The number of benzene rings is 1. The van der Waals surface area contributed by atoms with E-state index < -0.39 is 0 Å². The Labute approximate surface area is 154 Å². The summed E-state index contributed by atoms with van der Waals surface area (Å²) in [5, 5.41) is 7.02. The van der Waals surface area contributed by atoms with E-state index in [9.17, 15) is 4.79 Å². The summed E-state index contributed by atoms with van der Waals surface area (Å²) < 4.78 is 11.4. The Morgan fingerprint density at radius 3 is 2.46 bits per heavy atom. The first kappa shape index (κ1) is 18.3. The van der Waals surface area contributed by atoms with Gasteiger partial charge in [-0.25, -0.2) is 0 Å². The largest absolute Gasteiger partial charge is 0.490 e. The summed E-state index contributed by atoms with van der Waals surface area (Å²) in [5.41, 5.74) is 3.89. The maximum absolute atomic E-state index is 13.0. The molecule has 0 atom stereocenters. The van der Waals surface area contributed by atoms with Gasteiger partial charge in [-0.2, -0.15) is 5.10 Å². The van der Waals surface area contributed by atoms with Gasteiger partial charge in [0.15, 0.2) is 11.5 Å². The Morgan fingerprint density at radius 2 is 1.85 bits per heavy atom. The SMILES string of the molecule is CCOc1cc2c(cc1OCC)CN(C(=O)c1cn[nH]c1C(C)C)CC2. The second-order valence-corrected chi connectivity index (χ2v) is 6.76. The number of H-pyrrole nitrogens is 1. The van der Waals surface area contributed by atoms with Gasteiger partial charge in [0.05, 0.1) is 30.7 Å². The number of nitrogens with one attached hydrogen (secondary N) is 1. The minimum absolute atomic E-state index is 0.0277. The van der Waals surface area contributed by atoms with Crippen molar-refractivity contribution in [1.29, 1.82) is 0 Å². The van der Waals surface area contributed by atoms with Crippen LogP contribution in [0.3, 0.4) is 0 Å². The van der Waals surface area contributed by atoms with Gasteiger partial charge in [-0.15, -0.1) is 0 Å². The van der Waals surface area contributed by atoms with Crippen LogP contribution < -0.4 is 9.47 Å². The van der Waals surface area contributed by atoms with Crippen LogP contribution in [0.5, 0.6) is 11.5 Å². The lowest BCUT2D eigenvalue weighted by Crippen LogP contribution is -2.36. The molecule has 1 aliphatic heterocycles. The lowest BCUT2D eigenvalue weighted by molar-refractivity contribution is 0.0733. The lowest BCUT2D eigenvalue weighted by Gasteiger charge is -2.30. The molecule has 3 rings (SSSR count). The van der Waals surface area contributed by atoms with Crippen LogP contribution in [0.25, 0.3) is 0 Å². The van der Waals surface area contributed by atoms with Gasteiger partial charge in [-0.05, 0) is 49.4 Å². The number of rotatable bonds is 6. The fourth-order valence-electron chi connectivity index (χ4n) is 3.35. The molecule has 1 aromatic carbocycles. The lowest BCUT2D eigenvalue weighted by atomic mass is 9.97. The van der Waals surface area contributed by atoms with Crippen LogP contribution in [0.1, 0.15) is 60.8 Å². The summed E-state index contributed by atoms with van der Waals surface area (Å²) in [6.07, 6.45) is 2.44. The van der Waals surface area contributed by atoms with Crippen molar-refractivity contribution in [2.24, 2.45) is 0 Å². The van der Waals surface area contributed by atoms with Crippen molar-refractivity contribution >= 4 is 5.91 Å². The zero-order valence-electron chi connectivity index (χ0n) is 16.0. The second kappa shape index (κ2) is 7.81. The smallest absolute Gasteiger partial charge is 0.257 e. The number of ether oxygens (including phenoxy) is 2. The molecule has 1 aliphatic rings. The van der Waals surface area contributed by atoms with Gasteiger partial charge in [-0.3, -0.25) is 9.89 Å². The first-order valence-electron chi connectivity index (χ1n) is 9.29. The Bertz CT molecular complexity index is 783. The number of aromatic nitrogens is 2. The van der Waals surface area contributed by atoms with E-state index in [4.69, 9.17) is 9.47 Å². The first-order chi connectivity index (χ1) is 12.5. The van der Waals surface area contributed by atoms with Gasteiger partial charge < -0.3 is 14.4 Å². The number of fused-ring (bicyclic) bond motifs is 1. The van der Waals surface area contributed by atoms with E-state index in [0.29, 0.717) is 31.9 Å². The highest BCUT2D eigenvalue weighted by Gasteiger charge is 2.26. The van der Waals surface area contributed by atoms with E-state index >= 15 is 0 Å². The van der Waals surface area contributed by atoms with Crippen molar-refractivity contribution in [3.05, 3.63) is 40.7 Å². The average molecular weight is 357 g/mol. The molecule has 0 saturated carbocycles. The van der Waals surface area contributed by atoms with E-state index in [1.54, 1.807) is 6.20 Å². The third-order valence-corrected chi connectivity index (χ3v) is 4.64. The Balaban J connectivity index is 1.85. The van der Waals surface area contributed by atoms with Gasteiger partial charge in [0.2, 0.25) is 0 Å². The molecule has 0 aliphatic carbocycles. The Kier molecular flexibility index (Phi) is 5.49. The van der Waals surface area contributed by atoms with Crippen molar-refractivity contribution in [1.82, 2.24) is 15.1 Å². The van der Waals surface area contributed by atoms with Gasteiger partial charge in [0.1, 0.15) is 0 Å². The maximum Gasteiger partial charge on any atom is 0.257 e. The molecule has 0 spiro atoms. The summed E-state index contributed by atoms with van der Waals surface area (Å²) in [6.45, 7) is 10.5. The van der Waals surface area contributed by atoms with Crippen LogP contribution in [-0.2, 0) is 13.0 Å². The molecule has 1 N–H and O–H groups in total. The molecule has 0 saturated heterocycles. The molecule has 6 heteroatoms. The van der Waals surface area contributed by atoms with Crippen LogP contribution in [0.4, 0.5) is 0 Å². The van der Waals surface area contributed by atoms with E-state index in [1.807, 2.05) is 24.8 Å². The fraction of sp³-hybridized carbons (Fsp3) is 0.500. The number of carbonyl (C=O) groups is 1. The Hall–Kier alpha value is -2.50. The van der Waals surface area contributed by atoms with E-state index in [1.165, 1.54) is 5.56 Å². The molecule has 140 valence electrons. The van der Waals surface area contributed by atoms with E-state index in [0.717, 1.165) is 29.2 Å². The average Bonchev–Trinajstić information content (AvgIpc) is 3.11. The minimum atomic E-state index is 0.0277. The zero-order chi connectivity index (χ0) is 18.7. The van der Waals surface area contributed by atoms with Crippen LogP contribution >= 0.6 is 0 Å². The highest BCUT2D eigenvalue weighted by molar-refractivity contribution is 5.95. The zero-order valence-corrected chi connectivity index (χ0v) is 16.0. The van der Waals surface area contributed by atoms with Crippen molar-refractivity contribution in [3.63, 3.8) is 0 Å². The molecule has 0 fully saturated rings. The molecule has 0 unspecified atom stereocenters. The molecule has 0 bridgehead atoms. The quantitative estimate of drug-likeness (QED) is 0.859. The molecule has 1 aromatic heterocycles. The molecular weight excluding hydrogens is 330 g/mol. The molecule has 2 aromatic rings. The molecular formula is C20H27N3O3. The summed E-state index contributed by atoms with van der Waals surface area (Å²) in [4.78, 5) is 14.9. The van der Waals surface area contributed by atoms with Gasteiger partial charge in [-0.1, -0.05) is 13.8 Å². The highest BCUT2D eigenvalue weighted by atomic mass is 16.5. The second-order valence-electron chi connectivity index (χ2n) is 6.76. The topological polar surface area (TPSA) is 67.5 Å². The summed E-state index contributed by atoms with van der Waals surface area (Å²) in [7, 11) is 0. The molecule has 2 heterocycles. The van der Waals surface area contributed by atoms with Crippen molar-refractivity contribution in [2.45, 2.75) is 46.6 Å². The number of amides is 1. The van der Waals surface area contributed by atoms with Crippen LogP contribution in [0.15, 0.2) is 18.3 Å². The van der Waals surface area contributed by atoms with E-state index in [-0.39, 0.29) is 11.8 Å². The summed E-state index contributed by atoms with van der Waals surface area (Å²) in [6, 6.07) is 4.07.